The molecular formula is C17H18FN3O. The lowest BCUT2D eigenvalue weighted by Gasteiger charge is -2.14. The van der Waals surface area contributed by atoms with Gasteiger partial charge in [0.1, 0.15) is 5.82 Å². The van der Waals surface area contributed by atoms with E-state index in [1.807, 2.05) is 0 Å². The van der Waals surface area contributed by atoms with Gasteiger partial charge in [0.2, 0.25) is 0 Å². The molecule has 2 aromatic rings. The van der Waals surface area contributed by atoms with Gasteiger partial charge in [-0.1, -0.05) is 6.08 Å². The zero-order valence-electron chi connectivity index (χ0n) is 12.3. The van der Waals surface area contributed by atoms with Gasteiger partial charge in [-0.25, -0.2) is 9.07 Å². The number of rotatable bonds is 4. The van der Waals surface area contributed by atoms with Crippen LogP contribution in [0.25, 0.3) is 5.69 Å². The van der Waals surface area contributed by atoms with Gasteiger partial charge >= 0.3 is 0 Å². The van der Waals surface area contributed by atoms with Gasteiger partial charge in [-0.15, -0.1) is 6.58 Å². The maximum absolute atomic E-state index is 13.1. The third kappa shape index (κ3) is 2.66. The van der Waals surface area contributed by atoms with Crippen LogP contribution in [0, 0.1) is 5.82 Å². The lowest BCUT2D eigenvalue weighted by molar-refractivity contribution is 0.0951. The van der Waals surface area contributed by atoms with E-state index in [2.05, 4.69) is 17.0 Å². The van der Waals surface area contributed by atoms with Crippen LogP contribution in [0.2, 0.25) is 0 Å². The zero-order valence-corrected chi connectivity index (χ0v) is 12.3. The molecule has 0 aliphatic heterocycles. The standard InChI is InChI=1S/C17H18FN3O/c1-2-11-19-17(22)16-14-5-3-4-6-15(14)21(20-16)13-9-7-12(18)8-10-13/h2,7-10H,1,3-6,11H2,(H,19,22). The fourth-order valence-electron chi connectivity index (χ4n) is 2.83. The van der Waals surface area contributed by atoms with E-state index in [1.165, 1.54) is 12.1 Å². The van der Waals surface area contributed by atoms with Crippen molar-refractivity contribution < 1.29 is 9.18 Å². The van der Waals surface area contributed by atoms with Crippen LogP contribution in [-0.4, -0.2) is 22.2 Å². The Morgan fingerprint density at radius 2 is 2.05 bits per heavy atom. The average Bonchev–Trinajstić information content (AvgIpc) is 2.93. The lowest BCUT2D eigenvalue weighted by atomic mass is 9.95. The van der Waals surface area contributed by atoms with E-state index in [-0.39, 0.29) is 11.7 Å². The molecule has 5 heteroatoms. The smallest absolute Gasteiger partial charge is 0.272 e. The third-order valence-electron chi connectivity index (χ3n) is 3.87. The predicted octanol–water partition coefficient (Wildman–Crippen LogP) is 2.81. The molecule has 1 aromatic carbocycles. The summed E-state index contributed by atoms with van der Waals surface area (Å²) in [5.74, 6) is -0.465. The summed E-state index contributed by atoms with van der Waals surface area (Å²) in [5, 5.41) is 7.27. The minimum atomic E-state index is -0.284. The number of fused-ring (bicyclic) bond motifs is 1. The maximum atomic E-state index is 13.1. The van der Waals surface area contributed by atoms with Gasteiger partial charge in [0, 0.05) is 17.8 Å². The second kappa shape index (κ2) is 6.13. The van der Waals surface area contributed by atoms with Crippen LogP contribution in [0.5, 0.6) is 0 Å². The van der Waals surface area contributed by atoms with Crippen LogP contribution in [0.15, 0.2) is 36.9 Å². The number of nitrogens with one attached hydrogen (secondary N) is 1. The van der Waals surface area contributed by atoms with Crippen molar-refractivity contribution in [1.82, 2.24) is 15.1 Å². The summed E-state index contributed by atoms with van der Waals surface area (Å²) in [6.45, 7) is 4.01. The van der Waals surface area contributed by atoms with E-state index < -0.39 is 0 Å². The number of carbonyl (C=O) groups excluding carboxylic acids is 1. The first-order valence-electron chi connectivity index (χ1n) is 7.46. The van der Waals surface area contributed by atoms with Gasteiger partial charge in [0.25, 0.3) is 5.91 Å². The molecule has 22 heavy (non-hydrogen) atoms. The van der Waals surface area contributed by atoms with E-state index in [0.717, 1.165) is 42.6 Å². The molecule has 0 fully saturated rings. The van der Waals surface area contributed by atoms with Crippen molar-refractivity contribution in [3.63, 3.8) is 0 Å². The number of halogens is 1. The molecule has 0 unspecified atom stereocenters. The van der Waals surface area contributed by atoms with Crippen molar-refractivity contribution in [2.24, 2.45) is 0 Å². The third-order valence-corrected chi connectivity index (χ3v) is 3.87. The van der Waals surface area contributed by atoms with E-state index in [1.54, 1.807) is 22.9 Å². The normalized spacial score (nSPS) is 13.5. The Labute approximate surface area is 128 Å². The van der Waals surface area contributed by atoms with E-state index in [9.17, 15) is 9.18 Å². The monoisotopic (exact) mass is 299 g/mol. The molecule has 1 aromatic heterocycles. The predicted molar refractivity (Wildman–Crippen MR) is 82.7 cm³/mol. The quantitative estimate of drug-likeness (QED) is 0.883. The lowest BCUT2D eigenvalue weighted by Crippen LogP contribution is -2.25. The first-order chi connectivity index (χ1) is 10.7. The summed E-state index contributed by atoms with van der Waals surface area (Å²) >= 11 is 0. The molecule has 0 spiro atoms. The first-order valence-corrected chi connectivity index (χ1v) is 7.46. The summed E-state index contributed by atoms with van der Waals surface area (Å²) in [4.78, 5) is 12.3. The SMILES string of the molecule is C=CCNC(=O)c1nn(-c2ccc(F)cc2)c2c1CCCC2. The summed E-state index contributed by atoms with van der Waals surface area (Å²) in [5.41, 5.74) is 3.32. The van der Waals surface area contributed by atoms with Crippen molar-refractivity contribution in [2.75, 3.05) is 6.54 Å². The summed E-state index contributed by atoms with van der Waals surface area (Å²) in [6.07, 6.45) is 5.51. The molecule has 4 nitrogen and oxygen atoms in total. The van der Waals surface area contributed by atoms with Crippen LogP contribution < -0.4 is 5.32 Å². The van der Waals surface area contributed by atoms with Crippen molar-refractivity contribution in [3.05, 3.63) is 59.7 Å². The number of amides is 1. The molecule has 1 aliphatic carbocycles. The molecule has 114 valence electrons. The molecular weight excluding hydrogens is 281 g/mol. The van der Waals surface area contributed by atoms with Crippen LogP contribution in [0.4, 0.5) is 4.39 Å². The maximum Gasteiger partial charge on any atom is 0.272 e. The highest BCUT2D eigenvalue weighted by Gasteiger charge is 2.25. The first kappa shape index (κ1) is 14.5. The van der Waals surface area contributed by atoms with Crippen molar-refractivity contribution >= 4 is 5.91 Å². The largest absolute Gasteiger partial charge is 0.347 e. The molecule has 1 N–H and O–H groups in total. The van der Waals surface area contributed by atoms with E-state index in [4.69, 9.17) is 0 Å². The summed E-state index contributed by atoms with van der Waals surface area (Å²) in [7, 11) is 0. The molecule has 1 amide bonds. The number of nitrogens with zero attached hydrogens (tertiary/aromatic N) is 2. The Morgan fingerprint density at radius 3 is 2.77 bits per heavy atom. The Kier molecular flexibility index (Phi) is 4.04. The minimum Gasteiger partial charge on any atom is -0.347 e. The van der Waals surface area contributed by atoms with E-state index >= 15 is 0 Å². The molecule has 1 heterocycles. The van der Waals surface area contributed by atoms with Gasteiger partial charge in [-0.3, -0.25) is 4.79 Å². The summed E-state index contributed by atoms with van der Waals surface area (Å²) in [6, 6.07) is 6.18. The fourth-order valence-corrected chi connectivity index (χ4v) is 2.83. The highest BCUT2D eigenvalue weighted by atomic mass is 19.1. The van der Waals surface area contributed by atoms with Gasteiger partial charge in [0.05, 0.1) is 5.69 Å². The van der Waals surface area contributed by atoms with Crippen molar-refractivity contribution in [1.29, 1.82) is 0 Å². The fraction of sp³-hybridized carbons (Fsp3) is 0.294. The zero-order chi connectivity index (χ0) is 15.5. The molecule has 0 bridgehead atoms. The highest BCUT2D eigenvalue weighted by Crippen LogP contribution is 2.27. The molecule has 0 saturated carbocycles. The second-order valence-electron chi connectivity index (χ2n) is 5.37. The minimum absolute atomic E-state index is 0.182. The Hall–Kier alpha value is -2.43. The number of hydrogen-bond donors (Lipinski definition) is 1. The van der Waals surface area contributed by atoms with Crippen LogP contribution >= 0.6 is 0 Å². The van der Waals surface area contributed by atoms with Crippen LogP contribution in [0.3, 0.4) is 0 Å². The average molecular weight is 299 g/mol. The van der Waals surface area contributed by atoms with Gasteiger partial charge in [-0.2, -0.15) is 5.10 Å². The van der Waals surface area contributed by atoms with Crippen LogP contribution in [-0.2, 0) is 12.8 Å². The highest BCUT2D eigenvalue weighted by molar-refractivity contribution is 5.94. The topological polar surface area (TPSA) is 46.9 Å². The molecule has 0 saturated heterocycles. The molecule has 3 rings (SSSR count). The Bertz CT molecular complexity index is 703. The Balaban J connectivity index is 2.03. The van der Waals surface area contributed by atoms with Gasteiger partial charge in [0.15, 0.2) is 5.69 Å². The van der Waals surface area contributed by atoms with Gasteiger partial charge < -0.3 is 5.32 Å². The van der Waals surface area contributed by atoms with Crippen molar-refractivity contribution in [3.8, 4) is 5.69 Å². The molecule has 0 atom stereocenters. The second-order valence-corrected chi connectivity index (χ2v) is 5.37. The number of hydrogen-bond acceptors (Lipinski definition) is 2. The number of carbonyl (C=O) groups is 1. The number of aromatic nitrogens is 2. The summed E-state index contributed by atoms with van der Waals surface area (Å²) < 4.78 is 14.9. The van der Waals surface area contributed by atoms with Crippen LogP contribution in [0.1, 0.15) is 34.6 Å². The molecule has 0 radical (unpaired) electrons. The molecule has 1 aliphatic rings. The Morgan fingerprint density at radius 1 is 1.32 bits per heavy atom. The number of benzene rings is 1. The van der Waals surface area contributed by atoms with Gasteiger partial charge in [-0.05, 0) is 49.9 Å². The van der Waals surface area contributed by atoms with Crippen molar-refractivity contribution in [2.45, 2.75) is 25.7 Å². The van der Waals surface area contributed by atoms with E-state index in [0.29, 0.717) is 12.2 Å².